The average Bonchev–Trinajstić information content (AvgIpc) is 2.62. The Bertz CT molecular complexity index is 894. The van der Waals surface area contributed by atoms with Crippen molar-refractivity contribution in [2.75, 3.05) is 13.2 Å². The van der Waals surface area contributed by atoms with Crippen LogP contribution >= 0.6 is 0 Å². The Balaban J connectivity index is 1.89. The standard InChI is InChI=1S/C21H22O4/c1-3-5-12-24-17-9-6-15(7-10-17)19-13-16-8-11-18(23-4-2)14-20(16)25-21(19)22/h6-11,13-14H,3-5,12H2,1-2H3. The molecule has 0 aliphatic heterocycles. The summed E-state index contributed by atoms with van der Waals surface area (Å²) < 4.78 is 16.6. The summed E-state index contributed by atoms with van der Waals surface area (Å²) in [5.41, 5.74) is 1.52. The van der Waals surface area contributed by atoms with Crippen LogP contribution in [0, 0.1) is 0 Å². The molecule has 4 nitrogen and oxygen atoms in total. The van der Waals surface area contributed by atoms with Crippen molar-refractivity contribution >= 4 is 11.0 Å². The van der Waals surface area contributed by atoms with Crippen LogP contribution in [0.1, 0.15) is 26.7 Å². The molecule has 0 spiro atoms. The first kappa shape index (κ1) is 17.1. The molecule has 0 aliphatic carbocycles. The van der Waals surface area contributed by atoms with Crippen molar-refractivity contribution in [3.05, 3.63) is 59.0 Å². The summed E-state index contributed by atoms with van der Waals surface area (Å²) in [6.45, 7) is 5.32. The minimum atomic E-state index is -0.360. The third kappa shape index (κ3) is 4.02. The zero-order valence-corrected chi connectivity index (χ0v) is 14.6. The molecule has 0 N–H and O–H groups in total. The molecule has 0 aliphatic rings. The monoisotopic (exact) mass is 338 g/mol. The van der Waals surface area contributed by atoms with Crippen LogP contribution in [0.4, 0.5) is 0 Å². The molecule has 3 rings (SSSR count). The molecule has 1 aromatic heterocycles. The fourth-order valence-electron chi connectivity index (χ4n) is 2.61. The number of rotatable bonds is 7. The highest BCUT2D eigenvalue weighted by Gasteiger charge is 2.09. The van der Waals surface area contributed by atoms with E-state index in [2.05, 4.69) is 6.92 Å². The maximum Gasteiger partial charge on any atom is 0.344 e. The van der Waals surface area contributed by atoms with Gasteiger partial charge in [-0.2, -0.15) is 0 Å². The quantitative estimate of drug-likeness (QED) is 0.447. The van der Waals surface area contributed by atoms with Gasteiger partial charge in [0.1, 0.15) is 17.1 Å². The van der Waals surface area contributed by atoms with Gasteiger partial charge in [-0.15, -0.1) is 0 Å². The highest BCUT2D eigenvalue weighted by atomic mass is 16.5. The molecule has 1 heterocycles. The van der Waals surface area contributed by atoms with Gasteiger partial charge >= 0.3 is 5.63 Å². The number of hydrogen-bond donors (Lipinski definition) is 0. The van der Waals surface area contributed by atoms with Gasteiger partial charge in [-0.3, -0.25) is 0 Å². The first-order chi connectivity index (χ1) is 12.2. The molecule has 3 aromatic rings. The van der Waals surface area contributed by atoms with Gasteiger partial charge in [0, 0.05) is 11.5 Å². The van der Waals surface area contributed by atoms with Crippen molar-refractivity contribution in [3.63, 3.8) is 0 Å². The Hall–Kier alpha value is -2.75. The van der Waals surface area contributed by atoms with Crippen LogP contribution in [0.2, 0.25) is 0 Å². The first-order valence-electron chi connectivity index (χ1n) is 8.65. The molecule has 2 aromatic carbocycles. The Labute approximate surface area is 147 Å². The summed E-state index contributed by atoms with van der Waals surface area (Å²) in [5.74, 6) is 1.50. The zero-order valence-electron chi connectivity index (χ0n) is 14.6. The normalized spacial score (nSPS) is 10.8. The van der Waals surface area contributed by atoms with Gasteiger partial charge in [0.05, 0.1) is 18.8 Å². The lowest BCUT2D eigenvalue weighted by molar-refractivity contribution is 0.309. The summed E-state index contributed by atoms with van der Waals surface area (Å²) in [6, 6.07) is 14.9. The Morgan fingerprint density at radius 2 is 1.68 bits per heavy atom. The molecule has 0 unspecified atom stereocenters. The summed E-state index contributed by atoms with van der Waals surface area (Å²) in [5, 5.41) is 0.862. The van der Waals surface area contributed by atoms with E-state index in [1.165, 1.54) is 0 Å². The van der Waals surface area contributed by atoms with Crippen molar-refractivity contribution in [2.24, 2.45) is 0 Å². The van der Waals surface area contributed by atoms with Crippen molar-refractivity contribution in [1.82, 2.24) is 0 Å². The molecule has 0 atom stereocenters. The van der Waals surface area contributed by atoms with E-state index in [-0.39, 0.29) is 5.63 Å². The summed E-state index contributed by atoms with van der Waals surface area (Å²) in [6.07, 6.45) is 2.13. The smallest absolute Gasteiger partial charge is 0.344 e. The van der Waals surface area contributed by atoms with E-state index in [0.717, 1.165) is 29.5 Å². The molecule has 0 radical (unpaired) electrons. The molecule has 0 saturated heterocycles. The molecule has 4 heteroatoms. The second-order valence-corrected chi connectivity index (χ2v) is 5.81. The number of hydrogen-bond acceptors (Lipinski definition) is 4. The zero-order chi connectivity index (χ0) is 17.6. The molecule has 0 amide bonds. The topological polar surface area (TPSA) is 48.7 Å². The van der Waals surface area contributed by atoms with Gasteiger partial charge < -0.3 is 13.9 Å². The number of fused-ring (bicyclic) bond motifs is 1. The highest BCUT2D eigenvalue weighted by molar-refractivity contribution is 5.82. The molecular weight excluding hydrogens is 316 g/mol. The minimum Gasteiger partial charge on any atom is -0.494 e. The largest absolute Gasteiger partial charge is 0.494 e. The molecule has 0 bridgehead atoms. The predicted octanol–water partition coefficient (Wildman–Crippen LogP) is 5.04. The number of unbranched alkanes of at least 4 members (excludes halogenated alkanes) is 1. The van der Waals surface area contributed by atoms with Gasteiger partial charge in [-0.05, 0) is 49.2 Å². The van der Waals surface area contributed by atoms with Gasteiger partial charge in [0.2, 0.25) is 0 Å². The van der Waals surface area contributed by atoms with E-state index >= 15 is 0 Å². The van der Waals surface area contributed by atoms with Gasteiger partial charge in [-0.25, -0.2) is 4.79 Å². The SMILES string of the molecule is CCCCOc1ccc(-c2cc3ccc(OCC)cc3oc2=O)cc1. The number of benzene rings is 2. The lowest BCUT2D eigenvalue weighted by Gasteiger charge is -2.07. The van der Waals surface area contributed by atoms with Crippen LogP contribution < -0.4 is 15.1 Å². The second-order valence-electron chi connectivity index (χ2n) is 5.81. The Morgan fingerprint density at radius 1 is 0.920 bits per heavy atom. The minimum absolute atomic E-state index is 0.360. The Morgan fingerprint density at radius 3 is 2.40 bits per heavy atom. The first-order valence-corrected chi connectivity index (χ1v) is 8.65. The van der Waals surface area contributed by atoms with Gasteiger partial charge in [0.25, 0.3) is 0 Å². The van der Waals surface area contributed by atoms with E-state index in [9.17, 15) is 4.79 Å². The van der Waals surface area contributed by atoms with Crippen LogP contribution in [0.3, 0.4) is 0 Å². The van der Waals surface area contributed by atoms with Crippen LogP contribution in [0.25, 0.3) is 22.1 Å². The van der Waals surface area contributed by atoms with Gasteiger partial charge in [0.15, 0.2) is 0 Å². The van der Waals surface area contributed by atoms with Crippen LogP contribution in [-0.4, -0.2) is 13.2 Å². The van der Waals surface area contributed by atoms with Crippen LogP contribution in [0.5, 0.6) is 11.5 Å². The van der Waals surface area contributed by atoms with E-state index in [0.29, 0.717) is 30.1 Å². The second kappa shape index (κ2) is 7.88. The summed E-state index contributed by atoms with van der Waals surface area (Å²) in [7, 11) is 0. The molecule has 0 fully saturated rings. The van der Waals surface area contributed by atoms with Crippen molar-refractivity contribution in [1.29, 1.82) is 0 Å². The summed E-state index contributed by atoms with van der Waals surface area (Å²) in [4.78, 5) is 12.4. The fraction of sp³-hybridized carbons (Fsp3) is 0.286. The average molecular weight is 338 g/mol. The van der Waals surface area contributed by atoms with Crippen LogP contribution in [-0.2, 0) is 0 Å². The lowest BCUT2D eigenvalue weighted by Crippen LogP contribution is -2.03. The third-order valence-electron chi connectivity index (χ3n) is 3.95. The lowest BCUT2D eigenvalue weighted by atomic mass is 10.1. The van der Waals surface area contributed by atoms with Crippen LogP contribution in [0.15, 0.2) is 57.7 Å². The molecule has 0 saturated carbocycles. The fourth-order valence-corrected chi connectivity index (χ4v) is 2.61. The van der Waals surface area contributed by atoms with Crippen molar-refractivity contribution in [2.45, 2.75) is 26.7 Å². The maximum absolute atomic E-state index is 12.4. The molecule has 130 valence electrons. The molecule has 25 heavy (non-hydrogen) atoms. The van der Waals surface area contributed by atoms with E-state index in [1.807, 2.05) is 49.4 Å². The van der Waals surface area contributed by atoms with E-state index in [1.54, 1.807) is 6.07 Å². The van der Waals surface area contributed by atoms with E-state index < -0.39 is 0 Å². The summed E-state index contributed by atoms with van der Waals surface area (Å²) >= 11 is 0. The third-order valence-corrected chi connectivity index (χ3v) is 3.95. The molecular formula is C21H22O4. The highest BCUT2D eigenvalue weighted by Crippen LogP contribution is 2.25. The van der Waals surface area contributed by atoms with Crippen molar-refractivity contribution in [3.8, 4) is 22.6 Å². The predicted molar refractivity (Wildman–Crippen MR) is 99.5 cm³/mol. The Kier molecular flexibility index (Phi) is 5.39. The number of ether oxygens (including phenoxy) is 2. The van der Waals surface area contributed by atoms with E-state index in [4.69, 9.17) is 13.9 Å². The maximum atomic E-state index is 12.4. The van der Waals surface area contributed by atoms with Crippen molar-refractivity contribution < 1.29 is 13.9 Å². The van der Waals surface area contributed by atoms with Gasteiger partial charge in [-0.1, -0.05) is 25.5 Å².